The van der Waals surface area contributed by atoms with Crippen molar-refractivity contribution in [2.45, 2.75) is 6.54 Å². The van der Waals surface area contributed by atoms with E-state index < -0.39 is 5.97 Å². The number of aliphatic carboxylic acids is 1. The Labute approximate surface area is 92.5 Å². The molecule has 0 aromatic heterocycles. The third kappa shape index (κ3) is 4.32. The first-order valence-electron chi connectivity index (χ1n) is 4.57. The number of benzene rings is 1. The number of rotatable bonds is 5. The van der Waals surface area contributed by atoms with Crippen molar-refractivity contribution in [3.05, 3.63) is 29.8 Å². The second kappa shape index (κ2) is 5.59. The van der Waals surface area contributed by atoms with Crippen molar-refractivity contribution in [1.29, 1.82) is 0 Å². The lowest BCUT2D eigenvalue weighted by Crippen LogP contribution is -2.22. The number of hydrogen-bond acceptors (Lipinski definition) is 3. The van der Waals surface area contributed by atoms with Gasteiger partial charge in [0.1, 0.15) is 5.75 Å². The molecule has 0 bridgehead atoms. The summed E-state index contributed by atoms with van der Waals surface area (Å²) in [7, 11) is 0. The van der Waals surface area contributed by atoms with Gasteiger partial charge in [0.05, 0.1) is 6.54 Å². The standard InChI is InChI=1S/C10H13N3O3/c11-10(12)13-5-7-1-3-8(4-2-7)16-6-9(14)15/h1-4H,5-6H2,(H,14,15)(H4,11,12,13). The minimum absolute atomic E-state index is 0.0335. The van der Waals surface area contributed by atoms with Gasteiger partial charge >= 0.3 is 5.97 Å². The van der Waals surface area contributed by atoms with Crippen LogP contribution in [0.25, 0.3) is 0 Å². The Morgan fingerprint density at radius 2 is 1.94 bits per heavy atom. The number of carboxylic acid groups (broad SMARTS) is 1. The quantitative estimate of drug-likeness (QED) is 0.477. The van der Waals surface area contributed by atoms with Gasteiger partial charge in [0.25, 0.3) is 0 Å². The molecular formula is C10H13N3O3. The van der Waals surface area contributed by atoms with Crippen molar-refractivity contribution >= 4 is 11.9 Å². The number of carbonyl (C=O) groups is 1. The number of aliphatic imine (C=N–C) groups is 1. The Morgan fingerprint density at radius 3 is 2.44 bits per heavy atom. The van der Waals surface area contributed by atoms with E-state index in [1.54, 1.807) is 24.3 Å². The van der Waals surface area contributed by atoms with Gasteiger partial charge in [0.2, 0.25) is 0 Å². The number of carboxylic acids is 1. The maximum absolute atomic E-state index is 10.2. The van der Waals surface area contributed by atoms with Crippen LogP contribution in [-0.4, -0.2) is 23.6 Å². The van der Waals surface area contributed by atoms with E-state index in [9.17, 15) is 4.79 Å². The Hall–Kier alpha value is -2.24. The fourth-order valence-corrected chi connectivity index (χ4v) is 1.02. The van der Waals surface area contributed by atoms with Crippen molar-refractivity contribution in [2.75, 3.05) is 6.61 Å². The van der Waals surface area contributed by atoms with E-state index in [1.165, 1.54) is 0 Å². The number of nitrogens with two attached hydrogens (primary N) is 2. The molecule has 0 saturated carbocycles. The van der Waals surface area contributed by atoms with E-state index in [0.717, 1.165) is 5.56 Å². The zero-order valence-electron chi connectivity index (χ0n) is 8.59. The highest BCUT2D eigenvalue weighted by Crippen LogP contribution is 2.12. The number of hydrogen-bond donors (Lipinski definition) is 3. The van der Waals surface area contributed by atoms with E-state index >= 15 is 0 Å². The predicted molar refractivity (Wildman–Crippen MR) is 59.1 cm³/mol. The summed E-state index contributed by atoms with van der Waals surface area (Å²) in [6.07, 6.45) is 0. The van der Waals surface area contributed by atoms with Gasteiger partial charge in [-0.2, -0.15) is 0 Å². The minimum atomic E-state index is -1.01. The minimum Gasteiger partial charge on any atom is -0.482 e. The number of guanidine groups is 1. The molecule has 6 heteroatoms. The molecule has 0 fully saturated rings. The van der Waals surface area contributed by atoms with Crippen molar-refractivity contribution in [2.24, 2.45) is 16.5 Å². The molecule has 0 amide bonds. The van der Waals surface area contributed by atoms with E-state index in [-0.39, 0.29) is 12.6 Å². The van der Waals surface area contributed by atoms with Crippen molar-refractivity contribution in [1.82, 2.24) is 0 Å². The van der Waals surface area contributed by atoms with Crippen molar-refractivity contribution in [3.8, 4) is 5.75 Å². The molecule has 5 N–H and O–H groups in total. The van der Waals surface area contributed by atoms with Gasteiger partial charge in [-0.25, -0.2) is 9.79 Å². The predicted octanol–water partition coefficient (Wildman–Crippen LogP) is -0.0766. The third-order valence-electron chi connectivity index (χ3n) is 1.73. The Balaban J connectivity index is 2.54. The molecular weight excluding hydrogens is 210 g/mol. The van der Waals surface area contributed by atoms with Crippen LogP contribution in [0.4, 0.5) is 0 Å². The first-order valence-corrected chi connectivity index (χ1v) is 4.57. The largest absolute Gasteiger partial charge is 0.482 e. The second-order valence-corrected chi connectivity index (χ2v) is 3.07. The van der Waals surface area contributed by atoms with Crippen LogP contribution in [0.2, 0.25) is 0 Å². The molecule has 0 spiro atoms. The van der Waals surface area contributed by atoms with E-state index in [1.807, 2.05) is 0 Å². The highest BCUT2D eigenvalue weighted by molar-refractivity contribution is 5.75. The molecule has 0 saturated heterocycles. The van der Waals surface area contributed by atoms with Gasteiger partial charge in [-0.15, -0.1) is 0 Å². The summed E-state index contributed by atoms with van der Waals surface area (Å²) in [5.74, 6) is -0.480. The van der Waals surface area contributed by atoms with Crippen LogP contribution >= 0.6 is 0 Å². The maximum Gasteiger partial charge on any atom is 0.341 e. The third-order valence-corrected chi connectivity index (χ3v) is 1.73. The molecule has 0 aliphatic carbocycles. The molecule has 1 aromatic rings. The molecule has 0 aliphatic rings. The summed E-state index contributed by atoms with van der Waals surface area (Å²) in [6.45, 7) is 0.0365. The van der Waals surface area contributed by atoms with Gasteiger partial charge in [0.15, 0.2) is 12.6 Å². The van der Waals surface area contributed by atoms with Crippen LogP contribution in [0.15, 0.2) is 29.3 Å². The number of nitrogens with zero attached hydrogens (tertiary/aromatic N) is 1. The van der Waals surface area contributed by atoms with E-state index in [2.05, 4.69) is 4.99 Å². The van der Waals surface area contributed by atoms with E-state index in [0.29, 0.717) is 12.3 Å². The lowest BCUT2D eigenvalue weighted by molar-refractivity contribution is -0.139. The highest BCUT2D eigenvalue weighted by Gasteiger charge is 1.99. The number of ether oxygens (including phenoxy) is 1. The molecule has 1 aromatic carbocycles. The lowest BCUT2D eigenvalue weighted by Gasteiger charge is -2.03. The summed E-state index contributed by atoms with van der Waals surface area (Å²) in [5.41, 5.74) is 11.3. The Bertz CT molecular complexity index is 383. The monoisotopic (exact) mass is 223 g/mol. The Morgan fingerprint density at radius 1 is 1.31 bits per heavy atom. The van der Waals surface area contributed by atoms with Crippen LogP contribution in [0, 0.1) is 0 Å². The molecule has 1 rings (SSSR count). The van der Waals surface area contributed by atoms with Crippen molar-refractivity contribution in [3.63, 3.8) is 0 Å². The smallest absolute Gasteiger partial charge is 0.341 e. The van der Waals surface area contributed by atoms with Crippen LogP contribution in [0.1, 0.15) is 5.56 Å². The summed E-state index contributed by atoms with van der Waals surface area (Å²) < 4.78 is 4.96. The first-order chi connectivity index (χ1) is 7.58. The molecule has 0 atom stereocenters. The summed E-state index contributed by atoms with van der Waals surface area (Å²) in [4.78, 5) is 14.1. The summed E-state index contributed by atoms with van der Waals surface area (Å²) >= 11 is 0. The van der Waals surface area contributed by atoms with E-state index in [4.69, 9.17) is 21.3 Å². The lowest BCUT2D eigenvalue weighted by atomic mass is 10.2. The Kier molecular flexibility index (Phi) is 4.14. The second-order valence-electron chi connectivity index (χ2n) is 3.07. The van der Waals surface area contributed by atoms with Gasteiger partial charge < -0.3 is 21.3 Å². The fourth-order valence-electron chi connectivity index (χ4n) is 1.02. The average Bonchev–Trinajstić information content (AvgIpc) is 2.25. The zero-order chi connectivity index (χ0) is 12.0. The summed E-state index contributed by atoms with van der Waals surface area (Å²) in [5, 5.41) is 8.40. The zero-order valence-corrected chi connectivity index (χ0v) is 8.59. The van der Waals surface area contributed by atoms with Gasteiger partial charge in [0, 0.05) is 0 Å². The maximum atomic E-state index is 10.2. The van der Waals surface area contributed by atoms with Crippen LogP contribution in [0.3, 0.4) is 0 Å². The summed E-state index contributed by atoms with van der Waals surface area (Å²) in [6, 6.07) is 6.87. The van der Waals surface area contributed by atoms with Gasteiger partial charge in [-0.3, -0.25) is 0 Å². The topological polar surface area (TPSA) is 111 Å². The molecule has 6 nitrogen and oxygen atoms in total. The normalized spacial score (nSPS) is 9.50. The molecule has 86 valence electrons. The van der Waals surface area contributed by atoms with Crippen LogP contribution in [-0.2, 0) is 11.3 Å². The molecule has 0 radical (unpaired) electrons. The van der Waals surface area contributed by atoms with Crippen LogP contribution in [0.5, 0.6) is 5.75 Å². The average molecular weight is 223 g/mol. The highest BCUT2D eigenvalue weighted by atomic mass is 16.5. The van der Waals surface area contributed by atoms with Crippen LogP contribution < -0.4 is 16.2 Å². The molecule has 0 unspecified atom stereocenters. The van der Waals surface area contributed by atoms with Crippen molar-refractivity contribution < 1.29 is 14.6 Å². The van der Waals surface area contributed by atoms with Gasteiger partial charge in [-0.1, -0.05) is 12.1 Å². The first kappa shape index (κ1) is 11.8. The fraction of sp³-hybridized carbons (Fsp3) is 0.200. The molecule has 16 heavy (non-hydrogen) atoms. The molecule has 0 heterocycles. The SMILES string of the molecule is NC(N)=NCc1ccc(OCC(=O)O)cc1. The molecule has 0 aliphatic heterocycles. The van der Waals surface area contributed by atoms with Gasteiger partial charge in [-0.05, 0) is 17.7 Å².